The standard InChI is InChI=1S/C37H54ClNO2/c1-23-13-18-37(32(41)39-22-25-9-8-10-26(38)21-25)20-19-35(6)27(31(37)24(23)2)11-12-29-34(5)16-15-30(40)33(3,4)28(34)14-17-36(29,35)7/h8-11,21,23-24,28-31,40H,12-20,22H2,1-7H3,(H,39,41)/t23-,24+,28+,29-,30+,31+,34+,35-,36-,37+/m1/s1. The molecule has 1 aromatic carbocycles. The van der Waals surface area contributed by atoms with Crippen LogP contribution in [0.3, 0.4) is 0 Å². The van der Waals surface area contributed by atoms with Gasteiger partial charge in [0.15, 0.2) is 0 Å². The van der Waals surface area contributed by atoms with Crippen LogP contribution in [0.25, 0.3) is 0 Å². The van der Waals surface area contributed by atoms with Crippen LogP contribution in [0.2, 0.25) is 5.02 Å². The van der Waals surface area contributed by atoms with Crippen molar-refractivity contribution in [3.63, 3.8) is 0 Å². The predicted molar refractivity (Wildman–Crippen MR) is 168 cm³/mol. The minimum Gasteiger partial charge on any atom is -0.393 e. The third-order valence-electron chi connectivity index (χ3n) is 14.8. The third kappa shape index (κ3) is 4.10. The van der Waals surface area contributed by atoms with Crippen molar-refractivity contribution in [3.8, 4) is 0 Å². The maximum atomic E-state index is 14.4. The SMILES string of the molecule is C[C@H]1[C@H](C)CC[C@]2(C(=O)NCc3cccc(Cl)c3)CC[C@]3(C)C(=CC[C@@H]4[C@@]5(C)CC[C@H](O)C(C)(C)[C@@H]5CC[C@]43C)[C@H]12. The third-order valence-corrected chi connectivity index (χ3v) is 15.0. The van der Waals surface area contributed by atoms with Crippen molar-refractivity contribution in [1.29, 1.82) is 0 Å². The van der Waals surface area contributed by atoms with Crippen LogP contribution in [0.15, 0.2) is 35.9 Å². The molecule has 0 saturated heterocycles. The van der Waals surface area contributed by atoms with Gasteiger partial charge in [-0.25, -0.2) is 0 Å². The Labute approximate surface area is 254 Å². The molecule has 5 aliphatic carbocycles. The van der Waals surface area contributed by atoms with Crippen LogP contribution in [-0.4, -0.2) is 17.1 Å². The molecule has 0 aliphatic heterocycles. The minimum atomic E-state index is -0.322. The molecule has 0 unspecified atom stereocenters. The molecule has 3 nitrogen and oxygen atoms in total. The van der Waals surface area contributed by atoms with E-state index in [-0.39, 0.29) is 39.1 Å². The quantitative estimate of drug-likeness (QED) is 0.351. The first-order chi connectivity index (χ1) is 19.2. The van der Waals surface area contributed by atoms with E-state index in [0.717, 1.165) is 55.5 Å². The second kappa shape index (κ2) is 9.85. The molecule has 10 atom stereocenters. The monoisotopic (exact) mass is 579 g/mol. The fourth-order valence-electron chi connectivity index (χ4n) is 11.9. The summed E-state index contributed by atoms with van der Waals surface area (Å²) in [5.74, 6) is 2.85. The molecule has 5 aliphatic rings. The average Bonchev–Trinajstić information content (AvgIpc) is 2.92. The summed E-state index contributed by atoms with van der Waals surface area (Å²) < 4.78 is 0. The fraction of sp³-hybridized carbons (Fsp3) is 0.757. The lowest BCUT2D eigenvalue weighted by molar-refractivity contribution is -0.204. The lowest BCUT2D eigenvalue weighted by Gasteiger charge is -2.71. The number of carbonyl (C=O) groups is 1. The molecule has 0 heterocycles. The molecule has 0 bridgehead atoms. The number of halogens is 1. The van der Waals surface area contributed by atoms with Gasteiger partial charge in [0, 0.05) is 11.6 Å². The molecule has 0 aromatic heterocycles. The largest absolute Gasteiger partial charge is 0.393 e. The molecular weight excluding hydrogens is 526 g/mol. The summed E-state index contributed by atoms with van der Waals surface area (Å²) >= 11 is 6.26. The molecule has 4 heteroatoms. The summed E-state index contributed by atoms with van der Waals surface area (Å²) in [6.07, 6.45) is 12.3. The van der Waals surface area contributed by atoms with E-state index < -0.39 is 0 Å². The number of amides is 1. The summed E-state index contributed by atoms with van der Waals surface area (Å²) in [5.41, 5.74) is 2.90. The Morgan fingerprint density at radius 3 is 2.46 bits per heavy atom. The highest BCUT2D eigenvalue weighted by atomic mass is 35.5. The molecule has 4 fully saturated rings. The highest BCUT2D eigenvalue weighted by molar-refractivity contribution is 6.30. The minimum absolute atomic E-state index is 0.0324. The van der Waals surface area contributed by atoms with E-state index in [9.17, 15) is 9.90 Å². The van der Waals surface area contributed by atoms with E-state index in [1.807, 2.05) is 18.2 Å². The van der Waals surface area contributed by atoms with Crippen molar-refractivity contribution in [2.24, 2.45) is 56.7 Å². The zero-order valence-corrected chi connectivity index (χ0v) is 27.4. The first kappa shape index (κ1) is 29.7. The molecule has 6 rings (SSSR count). The van der Waals surface area contributed by atoms with E-state index in [2.05, 4.69) is 65.9 Å². The normalized spacial score (nSPS) is 46.7. The number of carbonyl (C=O) groups excluding carboxylic acids is 1. The molecule has 2 N–H and O–H groups in total. The molecule has 0 spiro atoms. The van der Waals surface area contributed by atoms with Gasteiger partial charge in [-0.15, -0.1) is 0 Å². The van der Waals surface area contributed by atoms with Crippen LogP contribution in [-0.2, 0) is 11.3 Å². The van der Waals surface area contributed by atoms with Crippen LogP contribution in [0.1, 0.15) is 112 Å². The van der Waals surface area contributed by atoms with Crippen LogP contribution in [0.5, 0.6) is 0 Å². The number of aliphatic hydroxyl groups is 1. The number of fused-ring (bicyclic) bond motifs is 7. The number of rotatable bonds is 3. The molecule has 0 radical (unpaired) electrons. The van der Waals surface area contributed by atoms with Gasteiger partial charge < -0.3 is 10.4 Å². The van der Waals surface area contributed by atoms with Gasteiger partial charge in [0.25, 0.3) is 0 Å². The predicted octanol–water partition coefficient (Wildman–Crippen LogP) is 8.97. The molecule has 1 amide bonds. The van der Waals surface area contributed by atoms with Crippen LogP contribution >= 0.6 is 11.6 Å². The number of aliphatic hydroxyl groups excluding tert-OH is 1. The zero-order valence-electron chi connectivity index (χ0n) is 26.7. The van der Waals surface area contributed by atoms with Gasteiger partial charge in [-0.3, -0.25) is 4.79 Å². The maximum absolute atomic E-state index is 14.4. The Hall–Kier alpha value is -1.32. The Bertz CT molecular complexity index is 1240. The molecule has 41 heavy (non-hydrogen) atoms. The van der Waals surface area contributed by atoms with Crippen molar-refractivity contribution in [2.75, 3.05) is 0 Å². The summed E-state index contributed by atoms with van der Waals surface area (Å²) in [5, 5.41) is 15.1. The maximum Gasteiger partial charge on any atom is 0.227 e. The first-order valence-electron chi connectivity index (χ1n) is 16.6. The highest BCUT2D eigenvalue weighted by Crippen LogP contribution is 2.75. The van der Waals surface area contributed by atoms with Crippen LogP contribution < -0.4 is 5.32 Å². The summed E-state index contributed by atoms with van der Waals surface area (Å²) in [7, 11) is 0. The van der Waals surface area contributed by atoms with E-state index in [1.54, 1.807) is 5.57 Å². The Morgan fingerprint density at radius 1 is 0.976 bits per heavy atom. The zero-order chi connectivity index (χ0) is 29.6. The smallest absolute Gasteiger partial charge is 0.227 e. The first-order valence-corrected chi connectivity index (χ1v) is 17.0. The summed E-state index contributed by atoms with van der Waals surface area (Å²) in [6.45, 7) is 17.9. The lowest BCUT2D eigenvalue weighted by Crippen LogP contribution is -2.66. The lowest BCUT2D eigenvalue weighted by atomic mass is 9.33. The highest BCUT2D eigenvalue weighted by Gasteiger charge is 2.69. The van der Waals surface area contributed by atoms with Crippen LogP contribution in [0, 0.1) is 56.7 Å². The summed E-state index contributed by atoms with van der Waals surface area (Å²) in [6, 6.07) is 7.88. The van der Waals surface area contributed by atoms with E-state index in [1.165, 1.54) is 12.8 Å². The summed E-state index contributed by atoms with van der Waals surface area (Å²) in [4.78, 5) is 14.4. The molecular formula is C37H54ClNO2. The Balaban J connectivity index is 1.36. The van der Waals surface area contributed by atoms with Crippen molar-refractivity contribution < 1.29 is 9.90 Å². The van der Waals surface area contributed by atoms with Gasteiger partial charge in [-0.05, 0) is 127 Å². The van der Waals surface area contributed by atoms with E-state index in [0.29, 0.717) is 36.1 Å². The van der Waals surface area contributed by atoms with Crippen molar-refractivity contribution in [2.45, 2.75) is 119 Å². The van der Waals surface area contributed by atoms with Gasteiger partial charge in [-0.2, -0.15) is 0 Å². The second-order valence-corrected chi connectivity index (χ2v) is 16.9. The number of benzene rings is 1. The van der Waals surface area contributed by atoms with Crippen LogP contribution in [0.4, 0.5) is 0 Å². The molecule has 4 saturated carbocycles. The van der Waals surface area contributed by atoms with E-state index >= 15 is 0 Å². The van der Waals surface area contributed by atoms with Gasteiger partial charge in [0.05, 0.1) is 11.5 Å². The number of hydrogen-bond acceptors (Lipinski definition) is 2. The molecule has 226 valence electrons. The van der Waals surface area contributed by atoms with Crippen molar-refractivity contribution in [1.82, 2.24) is 5.32 Å². The van der Waals surface area contributed by atoms with Gasteiger partial charge in [-0.1, -0.05) is 83.8 Å². The van der Waals surface area contributed by atoms with Crippen molar-refractivity contribution in [3.05, 3.63) is 46.5 Å². The second-order valence-electron chi connectivity index (χ2n) is 16.5. The van der Waals surface area contributed by atoms with E-state index in [4.69, 9.17) is 11.6 Å². The van der Waals surface area contributed by atoms with Gasteiger partial charge >= 0.3 is 0 Å². The topological polar surface area (TPSA) is 49.3 Å². The molecule has 1 aromatic rings. The Morgan fingerprint density at radius 2 is 1.73 bits per heavy atom. The number of nitrogens with one attached hydrogen (secondary N) is 1. The van der Waals surface area contributed by atoms with Gasteiger partial charge in [0.2, 0.25) is 5.91 Å². The number of hydrogen-bond donors (Lipinski definition) is 2. The van der Waals surface area contributed by atoms with Gasteiger partial charge in [0.1, 0.15) is 0 Å². The number of allylic oxidation sites excluding steroid dienone is 2. The fourth-order valence-corrected chi connectivity index (χ4v) is 12.1. The Kier molecular flexibility index (Phi) is 7.14. The van der Waals surface area contributed by atoms with Crippen molar-refractivity contribution >= 4 is 17.5 Å². The average molecular weight is 580 g/mol.